The number of nitrogens with one attached hydrogen (secondary N) is 2. The number of rotatable bonds is 5. The lowest BCUT2D eigenvalue weighted by molar-refractivity contribution is -0.901. The molecule has 4 rings (SSSR count). The van der Waals surface area contributed by atoms with E-state index in [9.17, 15) is 4.79 Å². The van der Waals surface area contributed by atoms with Crippen molar-refractivity contribution in [1.29, 1.82) is 0 Å². The second-order valence-corrected chi connectivity index (χ2v) is 7.77. The van der Waals surface area contributed by atoms with E-state index in [2.05, 4.69) is 29.6 Å². The van der Waals surface area contributed by atoms with Gasteiger partial charge in [-0.15, -0.1) is 0 Å². The second kappa shape index (κ2) is 7.75. The molecular formula is C22H24ClN2O2+. The van der Waals surface area contributed by atoms with E-state index in [1.54, 1.807) is 17.0 Å². The van der Waals surface area contributed by atoms with Crippen LogP contribution in [0.3, 0.4) is 0 Å². The minimum Gasteiger partial charge on any atom is -0.451 e. The summed E-state index contributed by atoms with van der Waals surface area (Å²) in [4.78, 5) is 14.2. The van der Waals surface area contributed by atoms with E-state index in [1.807, 2.05) is 13.0 Å². The fourth-order valence-corrected chi connectivity index (χ4v) is 3.96. The predicted molar refractivity (Wildman–Crippen MR) is 107 cm³/mol. The Morgan fingerprint density at radius 3 is 2.56 bits per heavy atom. The second-order valence-electron chi connectivity index (χ2n) is 7.33. The largest absolute Gasteiger partial charge is 0.451 e. The highest BCUT2D eigenvalue weighted by Crippen LogP contribution is 2.27. The highest BCUT2D eigenvalue weighted by molar-refractivity contribution is 6.31. The molecule has 4 nitrogen and oxygen atoms in total. The third kappa shape index (κ3) is 4.02. The molecule has 5 heteroatoms. The summed E-state index contributed by atoms with van der Waals surface area (Å²) in [5.74, 6) is 0.145. The highest BCUT2D eigenvalue weighted by Gasteiger charge is 2.18. The van der Waals surface area contributed by atoms with Crippen molar-refractivity contribution in [2.24, 2.45) is 0 Å². The lowest BCUT2D eigenvalue weighted by atomic mass is 10.1. The van der Waals surface area contributed by atoms with E-state index in [-0.39, 0.29) is 5.91 Å². The summed E-state index contributed by atoms with van der Waals surface area (Å²) in [5, 5.41) is 4.46. The van der Waals surface area contributed by atoms with Crippen molar-refractivity contribution >= 4 is 28.5 Å². The van der Waals surface area contributed by atoms with Crippen molar-refractivity contribution in [3.05, 3.63) is 69.9 Å². The van der Waals surface area contributed by atoms with Crippen LogP contribution in [0.5, 0.6) is 0 Å². The van der Waals surface area contributed by atoms with Crippen molar-refractivity contribution in [2.75, 3.05) is 13.1 Å². The number of benzene rings is 2. The molecule has 0 bridgehead atoms. The number of fused-ring (bicyclic) bond motifs is 1. The molecule has 0 aliphatic carbocycles. The molecule has 1 fully saturated rings. The summed E-state index contributed by atoms with van der Waals surface area (Å²) in [6, 6.07) is 13.9. The Morgan fingerprint density at radius 2 is 1.81 bits per heavy atom. The number of carbonyl (C=O) groups excluding carboxylic acids is 1. The molecule has 0 atom stereocenters. The summed E-state index contributed by atoms with van der Waals surface area (Å²) in [6.07, 6.45) is 2.68. The molecule has 3 aromatic rings. The lowest BCUT2D eigenvalue weighted by Crippen LogP contribution is -3.08. The van der Waals surface area contributed by atoms with Crippen LogP contribution >= 0.6 is 11.6 Å². The molecule has 2 aromatic carbocycles. The molecule has 27 heavy (non-hydrogen) atoms. The van der Waals surface area contributed by atoms with Gasteiger partial charge in [0.25, 0.3) is 5.91 Å². The van der Waals surface area contributed by atoms with Gasteiger partial charge in [-0.3, -0.25) is 4.79 Å². The van der Waals surface area contributed by atoms with Crippen LogP contribution in [0.25, 0.3) is 11.0 Å². The number of halogens is 1. The molecule has 1 amide bonds. The van der Waals surface area contributed by atoms with Crippen molar-refractivity contribution in [2.45, 2.75) is 32.9 Å². The summed E-state index contributed by atoms with van der Waals surface area (Å²) >= 11 is 6.04. The van der Waals surface area contributed by atoms with Gasteiger partial charge in [-0.1, -0.05) is 35.9 Å². The van der Waals surface area contributed by atoms with Gasteiger partial charge in [0, 0.05) is 40.9 Å². The van der Waals surface area contributed by atoms with Crippen molar-refractivity contribution < 1.29 is 14.1 Å². The zero-order valence-electron chi connectivity index (χ0n) is 15.5. The van der Waals surface area contributed by atoms with Gasteiger partial charge in [0.15, 0.2) is 5.76 Å². The van der Waals surface area contributed by atoms with Crippen LogP contribution in [0.1, 0.15) is 40.1 Å². The van der Waals surface area contributed by atoms with E-state index in [4.69, 9.17) is 16.0 Å². The van der Waals surface area contributed by atoms with Crippen LogP contribution in [0.15, 0.2) is 46.9 Å². The Morgan fingerprint density at radius 1 is 1.11 bits per heavy atom. The molecule has 0 unspecified atom stereocenters. The Balaban J connectivity index is 1.39. The van der Waals surface area contributed by atoms with Crippen LogP contribution in [0, 0.1) is 6.92 Å². The lowest BCUT2D eigenvalue weighted by Gasteiger charge is -2.12. The third-order valence-corrected chi connectivity index (χ3v) is 5.58. The number of furan rings is 1. The standard InChI is InChI=1S/C22H23ClN2O2/c1-15-19-12-18(23)8-9-20(19)27-21(15)22(26)24-13-16-4-6-17(7-5-16)14-25-10-2-3-11-25/h4-9,12H,2-3,10-11,13-14H2,1H3,(H,24,26)/p+1. The fraction of sp³-hybridized carbons (Fsp3) is 0.318. The summed E-state index contributed by atoms with van der Waals surface area (Å²) in [5.41, 5.74) is 3.93. The predicted octanol–water partition coefficient (Wildman–Crippen LogP) is 3.50. The minimum atomic E-state index is -0.203. The topological polar surface area (TPSA) is 46.7 Å². The quantitative estimate of drug-likeness (QED) is 0.708. The monoisotopic (exact) mass is 383 g/mol. The summed E-state index contributed by atoms with van der Waals surface area (Å²) in [6.45, 7) is 6.01. The van der Waals surface area contributed by atoms with Gasteiger partial charge in [-0.25, -0.2) is 0 Å². The third-order valence-electron chi connectivity index (χ3n) is 5.35. The van der Waals surface area contributed by atoms with E-state index in [0.717, 1.165) is 23.1 Å². The average Bonchev–Trinajstić information content (AvgIpc) is 3.29. The SMILES string of the molecule is Cc1c(C(=O)NCc2ccc(C[NH+]3CCCC3)cc2)oc2ccc(Cl)cc12. The van der Waals surface area contributed by atoms with Crippen LogP contribution in [0.4, 0.5) is 0 Å². The maximum absolute atomic E-state index is 12.5. The first-order chi connectivity index (χ1) is 13.1. The maximum atomic E-state index is 12.5. The number of amides is 1. The van der Waals surface area contributed by atoms with E-state index in [0.29, 0.717) is 22.9 Å². The van der Waals surface area contributed by atoms with E-state index in [1.165, 1.54) is 31.5 Å². The van der Waals surface area contributed by atoms with E-state index < -0.39 is 0 Å². The van der Waals surface area contributed by atoms with Gasteiger partial charge >= 0.3 is 0 Å². The first-order valence-corrected chi connectivity index (χ1v) is 9.86. The Hall–Kier alpha value is -2.30. The number of carbonyl (C=O) groups is 1. The molecule has 140 valence electrons. The first-order valence-electron chi connectivity index (χ1n) is 9.48. The molecular weight excluding hydrogens is 360 g/mol. The molecule has 0 spiro atoms. The number of quaternary nitrogens is 1. The molecule has 0 radical (unpaired) electrons. The Kier molecular flexibility index (Phi) is 5.19. The molecule has 1 aliphatic rings. The Bertz CT molecular complexity index is 956. The molecule has 2 heterocycles. The fourth-order valence-electron chi connectivity index (χ4n) is 3.79. The van der Waals surface area contributed by atoms with Crippen molar-refractivity contribution in [3.8, 4) is 0 Å². The number of hydrogen-bond donors (Lipinski definition) is 2. The van der Waals surface area contributed by atoms with Gasteiger partial charge in [0.05, 0.1) is 13.1 Å². The molecule has 1 aliphatic heterocycles. The van der Waals surface area contributed by atoms with Crippen LogP contribution in [-0.2, 0) is 13.1 Å². The minimum absolute atomic E-state index is 0.203. The van der Waals surface area contributed by atoms with Crippen LogP contribution in [0.2, 0.25) is 5.02 Å². The highest BCUT2D eigenvalue weighted by atomic mass is 35.5. The van der Waals surface area contributed by atoms with Crippen molar-refractivity contribution in [1.82, 2.24) is 5.32 Å². The molecule has 1 aromatic heterocycles. The summed E-state index contributed by atoms with van der Waals surface area (Å²) in [7, 11) is 0. The first kappa shape index (κ1) is 18.1. The van der Waals surface area contributed by atoms with Gasteiger partial charge < -0.3 is 14.6 Å². The van der Waals surface area contributed by atoms with Gasteiger partial charge in [-0.05, 0) is 30.7 Å². The average molecular weight is 384 g/mol. The molecule has 0 saturated carbocycles. The number of hydrogen-bond acceptors (Lipinski definition) is 2. The van der Waals surface area contributed by atoms with Gasteiger partial charge in [0.2, 0.25) is 0 Å². The van der Waals surface area contributed by atoms with Gasteiger partial charge in [-0.2, -0.15) is 0 Å². The van der Waals surface area contributed by atoms with E-state index >= 15 is 0 Å². The number of aryl methyl sites for hydroxylation is 1. The molecule has 2 N–H and O–H groups in total. The zero-order valence-corrected chi connectivity index (χ0v) is 16.2. The maximum Gasteiger partial charge on any atom is 0.287 e. The number of likely N-dealkylation sites (tertiary alicyclic amines) is 1. The normalized spacial score (nSPS) is 14.7. The Labute approximate surface area is 164 Å². The summed E-state index contributed by atoms with van der Waals surface area (Å²) < 4.78 is 5.72. The van der Waals surface area contributed by atoms with Gasteiger partial charge in [0.1, 0.15) is 12.1 Å². The smallest absolute Gasteiger partial charge is 0.287 e. The van der Waals surface area contributed by atoms with Crippen LogP contribution in [-0.4, -0.2) is 19.0 Å². The molecule has 1 saturated heterocycles. The van der Waals surface area contributed by atoms with Crippen LogP contribution < -0.4 is 10.2 Å². The zero-order chi connectivity index (χ0) is 18.8. The van der Waals surface area contributed by atoms with Crippen molar-refractivity contribution in [3.63, 3.8) is 0 Å².